The van der Waals surface area contributed by atoms with Crippen LogP contribution in [0.1, 0.15) is 5.76 Å². The summed E-state index contributed by atoms with van der Waals surface area (Å²) in [7, 11) is 2.94. The first-order valence-corrected chi connectivity index (χ1v) is 10.2. The second-order valence-electron chi connectivity index (χ2n) is 7.28. The number of hydrogen-bond donors (Lipinski definition) is 2. The Bertz CT molecular complexity index is 1340. The molecule has 0 saturated carbocycles. The van der Waals surface area contributed by atoms with E-state index in [-0.39, 0.29) is 24.3 Å². The summed E-state index contributed by atoms with van der Waals surface area (Å²) in [4.78, 5) is 29.7. The lowest BCUT2D eigenvalue weighted by molar-refractivity contribution is 0.0938. The molecule has 0 amide bonds. The summed E-state index contributed by atoms with van der Waals surface area (Å²) in [5.74, 6) is 1.54. The number of nitrogens with zero attached hydrogens (tertiary/aromatic N) is 4. The fraction of sp³-hybridized carbons (Fsp3) is 0.286. The Hall–Kier alpha value is -3.50. The third kappa shape index (κ3) is 4.27. The number of imidazole rings is 1. The van der Waals surface area contributed by atoms with E-state index in [2.05, 4.69) is 10.3 Å². The molecule has 1 atom stereocenters. The average Bonchev–Trinajstić information content (AvgIpc) is 3.42. The number of aromatic nitrogens is 4. The molecule has 0 aliphatic carbocycles. The van der Waals surface area contributed by atoms with Crippen LogP contribution in [0.5, 0.6) is 5.75 Å². The summed E-state index contributed by atoms with van der Waals surface area (Å²) in [5, 5.41) is 14.3. The Balaban J connectivity index is 1.65. The summed E-state index contributed by atoms with van der Waals surface area (Å²) in [5.41, 5.74) is -0.586. The molecule has 10 nitrogen and oxygen atoms in total. The number of aliphatic hydroxyl groups excluding tert-OH is 1. The van der Waals surface area contributed by atoms with E-state index in [9.17, 15) is 14.7 Å². The van der Waals surface area contributed by atoms with Crippen LogP contribution in [-0.4, -0.2) is 36.5 Å². The molecule has 168 valence electrons. The van der Waals surface area contributed by atoms with Crippen molar-refractivity contribution in [2.45, 2.75) is 19.2 Å². The van der Waals surface area contributed by atoms with Crippen LogP contribution in [-0.2, 0) is 27.2 Å². The number of aliphatic hydroxyl groups is 1. The van der Waals surface area contributed by atoms with Crippen molar-refractivity contribution in [3.05, 3.63) is 74.3 Å². The maximum Gasteiger partial charge on any atom is 0.332 e. The van der Waals surface area contributed by atoms with Gasteiger partial charge in [0.05, 0.1) is 19.4 Å². The summed E-state index contributed by atoms with van der Waals surface area (Å²) < 4.78 is 14.8. The molecule has 4 rings (SSSR count). The number of rotatable bonds is 8. The largest absolute Gasteiger partial charge is 0.491 e. The van der Waals surface area contributed by atoms with Crippen molar-refractivity contribution in [3.63, 3.8) is 0 Å². The SMILES string of the molecule is Cn1c(=O)c2c(nc(NCc3ccco3)n2C[C@H](O)COc2ccc(Cl)cc2)n(C)c1=O. The predicted octanol–water partition coefficient (Wildman–Crippen LogP) is 1.73. The number of aryl methyl sites for hydroxylation is 1. The van der Waals surface area contributed by atoms with Gasteiger partial charge < -0.3 is 24.1 Å². The number of ether oxygens (including phenoxy) is 1. The molecule has 11 heteroatoms. The van der Waals surface area contributed by atoms with Crippen molar-refractivity contribution < 1.29 is 14.3 Å². The van der Waals surface area contributed by atoms with Gasteiger partial charge in [0.25, 0.3) is 5.56 Å². The highest BCUT2D eigenvalue weighted by atomic mass is 35.5. The Morgan fingerprint density at radius 1 is 1.19 bits per heavy atom. The molecule has 1 aromatic carbocycles. The van der Waals surface area contributed by atoms with Gasteiger partial charge in [-0.1, -0.05) is 11.6 Å². The Labute approximate surface area is 187 Å². The van der Waals surface area contributed by atoms with Gasteiger partial charge in [0.1, 0.15) is 24.2 Å². The van der Waals surface area contributed by atoms with Crippen LogP contribution in [0.3, 0.4) is 0 Å². The third-order valence-electron chi connectivity index (χ3n) is 5.00. The van der Waals surface area contributed by atoms with E-state index in [0.29, 0.717) is 29.0 Å². The van der Waals surface area contributed by atoms with Crippen molar-refractivity contribution in [2.24, 2.45) is 14.1 Å². The number of nitrogens with one attached hydrogen (secondary N) is 1. The molecule has 0 saturated heterocycles. The van der Waals surface area contributed by atoms with Crippen LogP contribution < -0.4 is 21.3 Å². The highest BCUT2D eigenvalue weighted by molar-refractivity contribution is 6.30. The van der Waals surface area contributed by atoms with Gasteiger partial charge in [0.15, 0.2) is 11.2 Å². The number of benzene rings is 1. The highest BCUT2D eigenvalue weighted by Crippen LogP contribution is 2.19. The molecule has 32 heavy (non-hydrogen) atoms. The van der Waals surface area contributed by atoms with E-state index in [1.807, 2.05) is 0 Å². The lowest BCUT2D eigenvalue weighted by Gasteiger charge is -2.16. The molecule has 0 unspecified atom stereocenters. The average molecular weight is 460 g/mol. The van der Waals surface area contributed by atoms with Crippen LogP contribution in [0, 0.1) is 0 Å². The minimum absolute atomic E-state index is 0.0119. The van der Waals surface area contributed by atoms with E-state index in [4.69, 9.17) is 20.8 Å². The first-order chi connectivity index (χ1) is 15.3. The Morgan fingerprint density at radius 3 is 2.62 bits per heavy atom. The first kappa shape index (κ1) is 21.7. The van der Waals surface area contributed by atoms with Crippen LogP contribution in [0.15, 0.2) is 56.7 Å². The van der Waals surface area contributed by atoms with E-state index in [0.717, 1.165) is 4.57 Å². The van der Waals surface area contributed by atoms with Gasteiger partial charge in [-0.3, -0.25) is 13.9 Å². The second-order valence-corrected chi connectivity index (χ2v) is 7.71. The molecule has 4 aromatic rings. The first-order valence-electron chi connectivity index (χ1n) is 9.84. The molecule has 0 fully saturated rings. The van der Waals surface area contributed by atoms with Gasteiger partial charge >= 0.3 is 5.69 Å². The zero-order chi connectivity index (χ0) is 22.8. The lowest BCUT2D eigenvalue weighted by atomic mass is 10.3. The smallest absolute Gasteiger partial charge is 0.332 e. The minimum Gasteiger partial charge on any atom is -0.491 e. The number of hydrogen-bond acceptors (Lipinski definition) is 7. The zero-order valence-corrected chi connectivity index (χ0v) is 18.2. The van der Waals surface area contributed by atoms with Crippen LogP contribution in [0.2, 0.25) is 5.02 Å². The highest BCUT2D eigenvalue weighted by Gasteiger charge is 2.21. The molecule has 2 N–H and O–H groups in total. The van der Waals surface area contributed by atoms with Crippen molar-refractivity contribution in [2.75, 3.05) is 11.9 Å². The summed E-state index contributed by atoms with van der Waals surface area (Å²) in [6.07, 6.45) is 0.589. The number of fused-ring (bicyclic) bond motifs is 1. The molecule has 0 aliphatic rings. The summed E-state index contributed by atoms with van der Waals surface area (Å²) in [6, 6.07) is 10.3. The predicted molar refractivity (Wildman–Crippen MR) is 119 cm³/mol. The van der Waals surface area contributed by atoms with Gasteiger partial charge in [-0.2, -0.15) is 4.98 Å². The topological polar surface area (TPSA) is 116 Å². The lowest BCUT2D eigenvalue weighted by Crippen LogP contribution is -2.38. The van der Waals surface area contributed by atoms with Crippen LogP contribution in [0.4, 0.5) is 5.95 Å². The van der Waals surface area contributed by atoms with E-state index >= 15 is 0 Å². The molecular formula is C21H22ClN5O5. The van der Waals surface area contributed by atoms with Crippen molar-refractivity contribution in [3.8, 4) is 5.75 Å². The van der Waals surface area contributed by atoms with E-state index in [1.165, 1.54) is 18.7 Å². The minimum atomic E-state index is -0.964. The Kier molecular flexibility index (Phi) is 6.06. The fourth-order valence-electron chi connectivity index (χ4n) is 3.33. The van der Waals surface area contributed by atoms with E-state index < -0.39 is 17.4 Å². The number of furan rings is 1. The zero-order valence-electron chi connectivity index (χ0n) is 17.5. The van der Waals surface area contributed by atoms with Crippen LogP contribution >= 0.6 is 11.6 Å². The quantitative estimate of drug-likeness (QED) is 0.412. The van der Waals surface area contributed by atoms with Gasteiger partial charge in [0, 0.05) is 19.1 Å². The maximum atomic E-state index is 12.9. The van der Waals surface area contributed by atoms with Gasteiger partial charge in [-0.25, -0.2) is 4.79 Å². The number of halogens is 1. The Morgan fingerprint density at radius 2 is 1.94 bits per heavy atom. The summed E-state index contributed by atoms with van der Waals surface area (Å²) in [6.45, 7) is 0.297. The molecule has 0 radical (unpaired) electrons. The van der Waals surface area contributed by atoms with Crippen molar-refractivity contribution in [1.29, 1.82) is 0 Å². The van der Waals surface area contributed by atoms with Gasteiger partial charge in [0.2, 0.25) is 5.95 Å². The second kappa shape index (κ2) is 8.93. The fourth-order valence-corrected chi connectivity index (χ4v) is 3.45. The van der Waals surface area contributed by atoms with Gasteiger partial charge in [-0.15, -0.1) is 0 Å². The standard InChI is InChI=1S/C21H22ClN5O5/c1-25-18-17(19(29)26(2)21(25)30)27(20(24-18)23-10-16-4-3-9-31-16)11-14(28)12-32-15-7-5-13(22)6-8-15/h3-9,14,28H,10-12H2,1-2H3,(H,23,24)/t14-/m0/s1. The van der Waals surface area contributed by atoms with Crippen LogP contribution in [0.25, 0.3) is 11.2 Å². The molecule has 0 spiro atoms. The molecule has 3 heterocycles. The van der Waals surface area contributed by atoms with Crippen molar-refractivity contribution >= 4 is 28.7 Å². The van der Waals surface area contributed by atoms with Crippen molar-refractivity contribution in [1.82, 2.24) is 18.7 Å². The third-order valence-corrected chi connectivity index (χ3v) is 5.25. The van der Waals surface area contributed by atoms with Gasteiger partial charge in [-0.05, 0) is 36.4 Å². The molecule has 0 aliphatic heterocycles. The normalized spacial score (nSPS) is 12.2. The van der Waals surface area contributed by atoms with E-state index in [1.54, 1.807) is 47.2 Å². The monoisotopic (exact) mass is 459 g/mol. The number of anilines is 1. The molecule has 0 bridgehead atoms. The maximum absolute atomic E-state index is 12.9. The molecule has 3 aromatic heterocycles. The molecular weight excluding hydrogens is 438 g/mol. The summed E-state index contributed by atoms with van der Waals surface area (Å²) >= 11 is 5.88.